The summed E-state index contributed by atoms with van der Waals surface area (Å²) in [6.45, 7) is 1.17. The lowest BCUT2D eigenvalue weighted by molar-refractivity contribution is -0.122. The predicted octanol–water partition coefficient (Wildman–Crippen LogP) is 1.97. The Balaban J connectivity index is 2.01. The van der Waals surface area contributed by atoms with Crippen LogP contribution in [0.5, 0.6) is 0 Å². The van der Waals surface area contributed by atoms with E-state index in [-0.39, 0.29) is 18.1 Å². The number of hydrogen-bond donors (Lipinski definition) is 1. The third-order valence-corrected chi connectivity index (χ3v) is 5.41. The molecule has 27 heavy (non-hydrogen) atoms. The molecule has 2 aromatic rings. The van der Waals surface area contributed by atoms with Gasteiger partial charge in [0.25, 0.3) is 5.91 Å². The van der Waals surface area contributed by atoms with Gasteiger partial charge in [-0.2, -0.15) is 0 Å². The second kappa shape index (κ2) is 6.99. The first kappa shape index (κ1) is 18.8. The number of sulfonamides is 1. The van der Waals surface area contributed by atoms with Crippen LogP contribution in [0.1, 0.15) is 6.92 Å². The van der Waals surface area contributed by atoms with Crippen LogP contribution in [-0.4, -0.2) is 39.1 Å². The van der Waals surface area contributed by atoms with Gasteiger partial charge in [0.2, 0.25) is 15.9 Å². The molecule has 1 heterocycles. The van der Waals surface area contributed by atoms with E-state index in [1.54, 1.807) is 24.3 Å². The smallest absolute Gasteiger partial charge is 0.251 e. The highest BCUT2D eigenvalue weighted by molar-refractivity contribution is 7.92. The minimum absolute atomic E-state index is 0.0353. The van der Waals surface area contributed by atoms with Crippen molar-refractivity contribution in [2.24, 2.45) is 0 Å². The molecule has 0 saturated heterocycles. The lowest BCUT2D eigenvalue weighted by atomic mass is 10.1. The molecule has 0 radical (unpaired) electrons. The molecular formula is C18H18FN3O4S. The van der Waals surface area contributed by atoms with Crippen LogP contribution in [0.3, 0.4) is 0 Å². The molecule has 1 N–H and O–H groups in total. The number of fused-ring (bicyclic) bond motifs is 1. The van der Waals surface area contributed by atoms with Crippen molar-refractivity contribution >= 4 is 38.9 Å². The van der Waals surface area contributed by atoms with Crippen LogP contribution in [0, 0.1) is 5.82 Å². The van der Waals surface area contributed by atoms with Gasteiger partial charge in [0, 0.05) is 0 Å². The number of benzene rings is 2. The monoisotopic (exact) mass is 391 g/mol. The summed E-state index contributed by atoms with van der Waals surface area (Å²) in [4.78, 5) is 26.3. The molecule has 1 aliphatic heterocycles. The normalized spacial score (nSPS) is 14.9. The highest BCUT2D eigenvalue weighted by atomic mass is 32.2. The van der Waals surface area contributed by atoms with Crippen LogP contribution in [-0.2, 0) is 19.6 Å². The Labute approximate surface area is 156 Å². The summed E-state index contributed by atoms with van der Waals surface area (Å²) in [5, 5.41) is 2.67. The minimum atomic E-state index is -3.89. The number of para-hydroxylation sites is 2. The Morgan fingerprint density at radius 2 is 1.93 bits per heavy atom. The summed E-state index contributed by atoms with van der Waals surface area (Å²) in [7, 11) is -3.89. The molecule has 0 unspecified atom stereocenters. The van der Waals surface area contributed by atoms with Crippen molar-refractivity contribution in [2.75, 3.05) is 27.3 Å². The number of carbonyl (C=O) groups excluding carboxylic acids is 2. The fourth-order valence-electron chi connectivity index (χ4n) is 3.07. The van der Waals surface area contributed by atoms with Crippen molar-refractivity contribution in [2.45, 2.75) is 13.0 Å². The lowest BCUT2D eigenvalue weighted by Crippen LogP contribution is -2.52. The van der Waals surface area contributed by atoms with E-state index < -0.39 is 27.8 Å². The Morgan fingerprint density at radius 1 is 1.22 bits per heavy atom. The molecule has 0 aliphatic carbocycles. The van der Waals surface area contributed by atoms with E-state index in [9.17, 15) is 22.4 Å². The first-order chi connectivity index (χ1) is 12.7. The topological polar surface area (TPSA) is 86.8 Å². The molecule has 2 aromatic carbocycles. The van der Waals surface area contributed by atoms with E-state index in [4.69, 9.17) is 0 Å². The number of carbonyl (C=O) groups is 2. The molecular weight excluding hydrogens is 373 g/mol. The summed E-state index contributed by atoms with van der Waals surface area (Å²) in [5.41, 5.74) is 0.973. The minimum Gasteiger partial charge on any atom is -0.323 e. The van der Waals surface area contributed by atoms with Crippen molar-refractivity contribution < 1.29 is 22.4 Å². The van der Waals surface area contributed by atoms with Crippen LogP contribution in [0.15, 0.2) is 48.5 Å². The number of halogens is 1. The molecule has 1 atom stereocenters. The summed E-state index contributed by atoms with van der Waals surface area (Å²) in [6.07, 6.45) is 0.943. The van der Waals surface area contributed by atoms with Crippen molar-refractivity contribution in [1.82, 2.24) is 0 Å². The first-order valence-corrected chi connectivity index (χ1v) is 9.98. The average molecular weight is 391 g/mol. The largest absolute Gasteiger partial charge is 0.323 e. The molecule has 7 nitrogen and oxygen atoms in total. The molecule has 2 amide bonds. The number of amides is 2. The highest BCUT2D eigenvalue weighted by Gasteiger charge is 2.35. The highest BCUT2D eigenvalue weighted by Crippen LogP contribution is 2.31. The SMILES string of the molecule is C[C@H](C(=O)N1CC(=O)Nc2ccccc21)N(c1cccc(F)c1)S(C)(=O)=O. The number of anilines is 3. The molecule has 0 fully saturated rings. The van der Waals surface area contributed by atoms with Crippen LogP contribution in [0.4, 0.5) is 21.5 Å². The molecule has 0 bridgehead atoms. The van der Waals surface area contributed by atoms with E-state index >= 15 is 0 Å². The fraction of sp³-hybridized carbons (Fsp3) is 0.222. The molecule has 142 valence electrons. The van der Waals surface area contributed by atoms with Crippen LogP contribution in [0.25, 0.3) is 0 Å². The van der Waals surface area contributed by atoms with E-state index in [1.807, 2.05) is 0 Å². The van der Waals surface area contributed by atoms with E-state index in [0.717, 1.165) is 16.6 Å². The van der Waals surface area contributed by atoms with E-state index in [0.29, 0.717) is 11.4 Å². The van der Waals surface area contributed by atoms with Crippen molar-refractivity contribution in [3.05, 3.63) is 54.3 Å². The fourth-order valence-corrected chi connectivity index (χ4v) is 4.23. The summed E-state index contributed by atoms with van der Waals surface area (Å²) >= 11 is 0. The van der Waals surface area contributed by atoms with Crippen LogP contribution in [0.2, 0.25) is 0 Å². The zero-order chi connectivity index (χ0) is 19.8. The maximum atomic E-state index is 13.6. The van der Waals surface area contributed by atoms with Crippen molar-refractivity contribution in [3.8, 4) is 0 Å². The molecule has 9 heteroatoms. The van der Waals surface area contributed by atoms with Gasteiger partial charge in [-0.3, -0.25) is 18.8 Å². The van der Waals surface area contributed by atoms with Gasteiger partial charge >= 0.3 is 0 Å². The van der Waals surface area contributed by atoms with Gasteiger partial charge in [0.15, 0.2) is 0 Å². The zero-order valence-corrected chi connectivity index (χ0v) is 15.5. The Morgan fingerprint density at radius 3 is 2.59 bits per heavy atom. The van der Waals surface area contributed by atoms with Crippen LogP contribution < -0.4 is 14.5 Å². The lowest BCUT2D eigenvalue weighted by Gasteiger charge is -2.35. The predicted molar refractivity (Wildman–Crippen MR) is 101 cm³/mol. The average Bonchev–Trinajstić information content (AvgIpc) is 2.59. The molecule has 0 spiro atoms. The van der Waals surface area contributed by atoms with Crippen molar-refractivity contribution in [3.63, 3.8) is 0 Å². The van der Waals surface area contributed by atoms with Gasteiger partial charge in [0.05, 0.1) is 23.3 Å². The summed E-state index contributed by atoms with van der Waals surface area (Å²) in [5.74, 6) is -1.60. The van der Waals surface area contributed by atoms with Gasteiger partial charge in [0.1, 0.15) is 18.4 Å². The first-order valence-electron chi connectivity index (χ1n) is 8.13. The number of rotatable bonds is 4. The van der Waals surface area contributed by atoms with Gasteiger partial charge < -0.3 is 5.32 Å². The Bertz CT molecular complexity index is 1010. The maximum absolute atomic E-state index is 13.6. The maximum Gasteiger partial charge on any atom is 0.251 e. The molecule has 3 rings (SSSR count). The van der Waals surface area contributed by atoms with Gasteiger partial charge in [-0.15, -0.1) is 0 Å². The number of nitrogens with one attached hydrogen (secondary N) is 1. The van der Waals surface area contributed by atoms with Gasteiger partial charge in [-0.25, -0.2) is 12.8 Å². The number of nitrogens with zero attached hydrogens (tertiary/aromatic N) is 2. The molecule has 0 saturated carbocycles. The molecule has 1 aliphatic rings. The Kier molecular flexibility index (Phi) is 4.88. The Hall–Kier alpha value is -2.94. The zero-order valence-electron chi connectivity index (χ0n) is 14.7. The van der Waals surface area contributed by atoms with E-state index in [2.05, 4.69) is 5.32 Å². The van der Waals surface area contributed by atoms with Gasteiger partial charge in [-0.1, -0.05) is 18.2 Å². The quantitative estimate of drug-likeness (QED) is 0.863. The third kappa shape index (κ3) is 3.77. The second-order valence-electron chi connectivity index (χ2n) is 6.20. The standard InChI is InChI=1S/C18H18FN3O4S/c1-12(22(27(2,25)26)14-7-5-6-13(19)10-14)18(24)21-11-17(23)20-15-8-3-4-9-16(15)21/h3-10,12H,11H2,1-2H3,(H,20,23)/t12-/m1/s1. The number of hydrogen-bond acceptors (Lipinski definition) is 4. The van der Waals surface area contributed by atoms with Crippen LogP contribution >= 0.6 is 0 Å². The second-order valence-corrected chi connectivity index (χ2v) is 8.06. The summed E-state index contributed by atoms with van der Waals surface area (Å²) < 4.78 is 39.1. The summed E-state index contributed by atoms with van der Waals surface area (Å²) in [6, 6.07) is 10.6. The third-order valence-electron chi connectivity index (χ3n) is 4.17. The van der Waals surface area contributed by atoms with Gasteiger partial charge in [-0.05, 0) is 37.3 Å². The van der Waals surface area contributed by atoms with E-state index in [1.165, 1.54) is 30.0 Å². The molecule has 0 aromatic heterocycles. The van der Waals surface area contributed by atoms with Crippen molar-refractivity contribution in [1.29, 1.82) is 0 Å².